The standard InChI is InChI=1S/C13H10Br2F2N2/c1-6-2-7(14)10(17)5-12(6)19-13-3-8(15)9(16)4-11(13)18/h2-5,19H,18H2,1H3. The quantitative estimate of drug-likeness (QED) is 0.697. The van der Waals surface area contributed by atoms with Gasteiger partial charge in [0.15, 0.2) is 0 Å². The van der Waals surface area contributed by atoms with E-state index in [2.05, 4.69) is 37.2 Å². The number of halogens is 4. The van der Waals surface area contributed by atoms with Gasteiger partial charge in [-0.05, 0) is 62.5 Å². The summed E-state index contributed by atoms with van der Waals surface area (Å²) in [6, 6.07) is 5.74. The second-order valence-corrected chi connectivity index (χ2v) is 5.77. The van der Waals surface area contributed by atoms with Gasteiger partial charge in [-0.1, -0.05) is 0 Å². The molecule has 2 nitrogen and oxygen atoms in total. The summed E-state index contributed by atoms with van der Waals surface area (Å²) >= 11 is 6.20. The minimum absolute atomic E-state index is 0.253. The lowest BCUT2D eigenvalue weighted by Gasteiger charge is -2.13. The van der Waals surface area contributed by atoms with Gasteiger partial charge < -0.3 is 11.1 Å². The van der Waals surface area contributed by atoms with Crippen molar-refractivity contribution in [3.05, 3.63) is 50.4 Å². The fraction of sp³-hybridized carbons (Fsp3) is 0.0769. The largest absolute Gasteiger partial charge is 0.397 e. The minimum Gasteiger partial charge on any atom is -0.397 e. The molecule has 0 fully saturated rings. The van der Waals surface area contributed by atoms with Gasteiger partial charge in [-0.2, -0.15) is 0 Å². The van der Waals surface area contributed by atoms with Gasteiger partial charge in [-0.15, -0.1) is 0 Å². The van der Waals surface area contributed by atoms with E-state index in [4.69, 9.17) is 5.73 Å². The van der Waals surface area contributed by atoms with Crippen molar-refractivity contribution in [1.82, 2.24) is 0 Å². The van der Waals surface area contributed by atoms with E-state index < -0.39 is 5.82 Å². The number of nitrogen functional groups attached to an aromatic ring is 1. The Labute approximate surface area is 126 Å². The summed E-state index contributed by atoms with van der Waals surface area (Å²) in [4.78, 5) is 0. The molecule has 0 aromatic heterocycles. The number of benzene rings is 2. The second-order valence-electron chi connectivity index (χ2n) is 4.06. The van der Waals surface area contributed by atoms with Crippen molar-refractivity contribution >= 4 is 48.9 Å². The van der Waals surface area contributed by atoms with E-state index in [0.29, 0.717) is 20.3 Å². The van der Waals surface area contributed by atoms with Crippen molar-refractivity contribution < 1.29 is 8.78 Å². The van der Waals surface area contributed by atoms with Crippen LogP contribution in [0.1, 0.15) is 5.56 Å². The first-order chi connectivity index (χ1) is 8.88. The molecule has 0 heterocycles. The molecule has 0 aliphatic heterocycles. The number of anilines is 3. The topological polar surface area (TPSA) is 38.0 Å². The summed E-state index contributed by atoms with van der Waals surface area (Å²) in [6.07, 6.45) is 0. The third-order valence-corrected chi connectivity index (χ3v) is 3.84. The Morgan fingerprint density at radius 1 is 0.947 bits per heavy atom. The monoisotopic (exact) mass is 390 g/mol. The Kier molecular flexibility index (Phi) is 4.10. The highest BCUT2D eigenvalue weighted by Gasteiger charge is 2.09. The zero-order chi connectivity index (χ0) is 14.2. The van der Waals surface area contributed by atoms with Crippen LogP contribution in [0, 0.1) is 18.6 Å². The third kappa shape index (κ3) is 3.06. The Balaban J connectivity index is 2.42. The van der Waals surface area contributed by atoms with Crippen LogP contribution in [0.25, 0.3) is 0 Å². The van der Waals surface area contributed by atoms with E-state index in [0.717, 1.165) is 5.56 Å². The molecule has 6 heteroatoms. The summed E-state index contributed by atoms with van der Waals surface area (Å²) < 4.78 is 27.5. The van der Waals surface area contributed by atoms with Crippen molar-refractivity contribution in [3.8, 4) is 0 Å². The van der Waals surface area contributed by atoms with Crippen LogP contribution in [0.5, 0.6) is 0 Å². The Bertz CT molecular complexity index is 590. The van der Waals surface area contributed by atoms with E-state index in [1.807, 2.05) is 6.92 Å². The fourth-order valence-corrected chi connectivity index (χ4v) is 2.40. The smallest absolute Gasteiger partial charge is 0.139 e. The molecule has 0 radical (unpaired) electrons. The van der Waals surface area contributed by atoms with Crippen molar-refractivity contribution in [2.24, 2.45) is 0 Å². The zero-order valence-corrected chi connectivity index (χ0v) is 13.1. The van der Waals surface area contributed by atoms with Gasteiger partial charge in [0.25, 0.3) is 0 Å². The predicted molar refractivity (Wildman–Crippen MR) is 80.6 cm³/mol. The molecule has 19 heavy (non-hydrogen) atoms. The predicted octanol–water partition coefficient (Wildman–Crippen LogP) is 5.12. The molecule has 3 N–H and O–H groups in total. The average Bonchev–Trinajstić information content (AvgIpc) is 2.32. The summed E-state index contributed by atoms with van der Waals surface area (Å²) in [5.41, 5.74) is 7.91. The van der Waals surface area contributed by atoms with Gasteiger partial charge in [0, 0.05) is 11.8 Å². The molecule has 0 bridgehead atoms. The average molecular weight is 392 g/mol. The molecule has 100 valence electrons. The van der Waals surface area contributed by atoms with E-state index in [1.54, 1.807) is 6.07 Å². The summed E-state index contributed by atoms with van der Waals surface area (Å²) in [7, 11) is 0. The third-order valence-electron chi connectivity index (χ3n) is 2.63. The Hall–Kier alpha value is -1.14. The number of hydrogen-bond acceptors (Lipinski definition) is 2. The van der Waals surface area contributed by atoms with Crippen LogP contribution in [0.3, 0.4) is 0 Å². The van der Waals surface area contributed by atoms with Gasteiger partial charge in [0.2, 0.25) is 0 Å². The van der Waals surface area contributed by atoms with Gasteiger partial charge in [-0.25, -0.2) is 8.78 Å². The normalized spacial score (nSPS) is 10.6. The first-order valence-electron chi connectivity index (χ1n) is 5.35. The molecule has 2 aromatic rings. The molecule has 0 spiro atoms. The summed E-state index contributed by atoms with van der Waals surface area (Å²) in [5.74, 6) is -0.824. The summed E-state index contributed by atoms with van der Waals surface area (Å²) in [6.45, 7) is 1.83. The van der Waals surface area contributed by atoms with Gasteiger partial charge in [0.1, 0.15) is 11.6 Å². The SMILES string of the molecule is Cc1cc(Br)c(F)cc1Nc1cc(Br)c(F)cc1N. The van der Waals surface area contributed by atoms with E-state index in [1.165, 1.54) is 18.2 Å². The molecular formula is C13H10Br2F2N2. The van der Waals surface area contributed by atoms with Crippen LogP contribution in [0.15, 0.2) is 33.2 Å². The molecule has 0 aliphatic carbocycles. The minimum atomic E-state index is -0.443. The lowest BCUT2D eigenvalue weighted by Crippen LogP contribution is -2.00. The first-order valence-corrected chi connectivity index (χ1v) is 6.94. The van der Waals surface area contributed by atoms with Gasteiger partial charge in [-0.3, -0.25) is 0 Å². The number of nitrogens with one attached hydrogen (secondary N) is 1. The Morgan fingerprint density at radius 2 is 1.53 bits per heavy atom. The number of rotatable bonds is 2. The second kappa shape index (κ2) is 5.46. The van der Waals surface area contributed by atoms with Crippen LogP contribution < -0.4 is 11.1 Å². The van der Waals surface area contributed by atoms with Crippen molar-refractivity contribution in [2.45, 2.75) is 6.92 Å². The molecule has 0 aliphatic rings. The maximum atomic E-state index is 13.5. The van der Waals surface area contributed by atoms with Crippen LogP contribution in [0.2, 0.25) is 0 Å². The molecule has 2 aromatic carbocycles. The molecule has 2 rings (SSSR count). The van der Waals surface area contributed by atoms with Crippen LogP contribution in [0.4, 0.5) is 25.8 Å². The van der Waals surface area contributed by atoms with E-state index in [-0.39, 0.29) is 11.5 Å². The highest BCUT2D eigenvalue weighted by atomic mass is 79.9. The first kappa shape index (κ1) is 14.3. The lowest BCUT2D eigenvalue weighted by molar-refractivity contribution is 0.620. The molecule has 0 saturated heterocycles. The highest BCUT2D eigenvalue weighted by molar-refractivity contribution is 9.10. The molecule has 0 amide bonds. The zero-order valence-electron chi connectivity index (χ0n) is 9.90. The summed E-state index contributed by atoms with van der Waals surface area (Å²) in [5, 5.41) is 2.99. The van der Waals surface area contributed by atoms with Crippen molar-refractivity contribution in [3.63, 3.8) is 0 Å². The Morgan fingerprint density at radius 3 is 2.21 bits per heavy atom. The van der Waals surface area contributed by atoms with Gasteiger partial charge >= 0.3 is 0 Å². The van der Waals surface area contributed by atoms with Crippen LogP contribution >= 0.6 is 31.9 Å². The molecule has 0 saturated carbocycles. The van der Waals surface area contributed by atoms with Crippen molar-refractivity contribution in [1.29, 1.82) is 0 Å². The molecule has 0 atom stereocenters. The van der Waals surface area contributed by atoms with Gasteiger partial charge in [0.05, 0.1) is 20.3 Å². The van der Waals surface area contributed by atoms with E-state index >= 15 is 0 Å². The van der Waals surface area contributed by atoms with Crippen LogP contribution in [-0.4, -0.2) is 0 Å². The lowest BCUT2D eigenvalue weighted by atomic mass is 10.1. The molecule has 0 unspecified atom stereocenters. The maximum Gasteiger partial charge on any atom is 0.139 e. The maximum absolute atomic E-state index is 13.5. The van der Waals surface area contributed by atoms with Crippen molar-refractivity contribution in [2.75, 3.05) is 11.1 Å². The number of nitrogens with two attached hydrogens (primary N) is 1. The number of aryl methyl sites for hydroxylation is 1. The van der Waals surface area contributed by atoms with E-state index in [9.17, 15) is 8.78 Å². The van der Waals surface area contributed by atoms with Crippen LogP contribution in [-0.2, 0) is 0 Å². The fourth-order valence-electron chi connectivity index (χ4n) is 1.60. The number of hydrogen-bond donors (Lipinski definition) is 2. The highest BCUT2D eigenvalue weighted by Crippen LogP contribution is 2.32. The molecular weight excluding hydrogens is 382 g/mol.